The fraction of sp³-hybridized carbons (Fsp3) is 0.682. The highest BCUT2D eigenvalue weighted by molar-refractivity contribution is 5.95. The van der Waals surface area contributed by atoms with Crippen LogP contribution in [-0.2, 0) is 28.8 Å². The molecule has 0 rings (SSSR count). The monoisotopic (exact) mass is 543 g/mol. The van der Waals surface area contributed by atoms with Crippen LogP contribution in [0.15, 0.2) is 4.99 Å². The van der Waals surface area contributed by atoms with Crippen LogP contribution in [0.5, 0.6) is 0 Å². The summed E-state index contributed by atoms with van der Waals surface area (Å²) >= 11 is 0. The summed E-state index contributed by atoms with van der Waals surface area (Å²) in [5.41, 5.74) is 21.2. The molecule has 0 bridgehead atoms. The Morgan fingerprint density at radius 2 is 1.45 bits per heavy atom. The number of aliphatic imine (C=N–C) groups is 1. The topological polar surface area (TPSA) is 287 Å². The molecule has 0 unspecified atom stereocenters. The third-order valence-electron chi connectivity index (χ3n) is 5.29. The van der Waals surface area contributed by atoms with Crippen molar-refractivity contribution in [1.82, 2.24) is 21.3 Å². The van der Waals surface area contributed by atoms with Crippen LogP contribution in [0.4, 0.5) is 0 Å². The molecule has 216 valence electrons. The maximum atomic E-state index is 13.0. The second-order valence-electron chi connectivity index (χ2n) is 8.75. The lowest BCUT2D eigenvalue weighted by Gasteiger charge is -2.27. The number of nitrogens with one attached hydrogen (secondary N) is 4. The Labute approximate surface area is 221 Å². The van der Waals surface area contributed by atoms with Gasteiger partial charge in [0.25, 0.3) is 0 Å². The highest BCUT2D eigenvalue weighted by Crippen LogP contribution is 2.04. The summed E-state index contributed by atoms with van der Waals surface area (Å²) in [6.45, 7) is 4.45. The van der Waals surface area contributed by atoms with Gasteiger partial charge in [0.1, 0.15) is 24.4 Å². The Balaban J connectivity index is 5.45. The quantitative estimate of drug-likeness (QED) is 0.0346. The van der Waals surface area contributed by atoms with E-state index in [4.69, 9.17) is 22.9 Å². The number of aliphatic hydroxyl groups is 1. The maximum Gasteiger partial charge on any atom is 0.245 e. The van der Waals surface area contributed by atoms with Crippen LogP contribution in [0.2, 0.25) is 0 Å². The molecular weight excluding hydrogens is 502 g/mol. The fourth-order valence-electron chi connectivity index (χ4n) is 3.10. The third kappa shape index (κ3) is 13.5. The minimum absolute atomic E-state index is 0.0149. The first-order valence-corrected chi connectivity index (χ1v) is 12.2. The van der Waals surface area contributed by atoms with E-state index in [1.54, 1.807) is 6.92 Å². The smallest absolute Gasteiger partial charge is 0.245 e. The molecule has 0 saturated heterocycles. The Kier molecular flexibility index (Phi) is 15.9. The first kappa shape index (κ1) is 34.2. The number of aldehydes is 1. The van der Waals surface area contributed by atoms with Gasteiger partial charge in [-0.2, -0.15) is 0 Å². The Morgan fingerprint density at radius 3 is 1.92 bits per heavy atom. The largest absolute Gasteiger partial charge is 0.391 e. The minimum Gasteiger partial charge on any atom is -0.391 e. The number of carbonyl (C=O) groups excluding carboxylic acids is 6. The number of amides is 5. The van der Waals surface area contributed by atoms with Gasteiger partial charge >= 0.3 is 0 Å². The van der Waals surface area contributed by atoms with Crippen molar-refractivity contribution in [1.29, 1.82) is 0 Å². The number of primary amides is 1. The van der Waals surface area contributed by atoms with Crippen LogP contribution >= 0.6 is 0 Å². The van der Waals surface area contributed by atoms with Crippen LogP contribution in [0.3, 0.4) is 0 Å². The molecule has 0 aromatic rings. The van der Waals surface area contributed by atoms with Gasteiger partial charge < -0.3 is 54.1 Å². The van der Waals surface area contributed by atoms with E-state index >= 15 is 0 Å². The maximum absolute atomic E-state index is 13.0. The predicted molar refractivity (Wildman–Crippen MR) is 138 cm³/mol. The number of carbonyl (C=O) groups is 6. The summed E-state index contributed by atoms with van der Waals surface area (Å²) in [4.78, 5) is 76.5. The van der Waals surface area contributed by atoms with Crippen molar-refractivity contribution in [3.8, 4) is 0 Å². The van der Waals surface area contributed by atoms with E-state index in [9.17, 15) is 33.9 Å². The number of nitrogens with two attached hydrogens (primary N) is 4. The average molecular weight is 544 g/mol. The average Bonchev–Trinajstić information content (AvgIpc) is 2.83. The molecule has 13 N–H and O–H groups in total. The van der Waals surface area contributed by atoms with Crippen molar-refractivity contribution in [2.75, 3.05) is 6.54 Å². The number of hydrogen-bond acceptors (Lipinski definition) is 9. The molecule has 0 aliphatic rings. The number of hydrogen-bond donors (Lipinski definition) is 9. The SMILES string of the molecule is CC[C@H](NC(=O)[C@@H](NC(=O)[C@H](CCCN=C(N)N)NC(=O)[C@H](C)N)[C@@H](C)O)C(=O)N[C@H](C=O)CCC(N)=O. The molecule has 0 saturated carbocycles. The predicted octanol–water partition coefficient (Wildman–Crippen LogP) is -4.42. The Bertz CT molecular complexity index is 860. The molecule has 0 aliphatic heterocycles. The first-order valence-electron chi connectivity index (χ1n) is 12.2. The van der Waals surface area contributed by atoms with E-state index in [0.717, 1.165) is 0 Å². The number of nitrogens with zero attached hydrogens (tertiary/aromatic N) is 1. The third-order valence-corrected chi connectivity index (χ3v) is 5.29. The molecule has 6 atom stereocenters. The van der Waals surface area contributed by atoms with Crippen molar-refractivity contribution in [3.63, 3.8) is 0 Å². The van der Waals surface area contributed by atoms with Gasteiger partial charge in [0.05, 0.1) is 18.2 Å². The van der Waals surface area contributed by atoms with Gasteiger partial charge in [-0.25, -0.2) is 0 Å². The second-order valence-corrected chi connectivity index (χ2v) is 8.75. The van der Waals surface area contributed by atoms with E-state index in [1.165, 1.54) is 13.8 Å². The van der Waals surface area contributed by atoms with Crippen molar-refractivity contribution in [2.45, 2.75) is 89.2 Å². The van der Waals surface area contributed by atoms with Gasteiger partial charge in [0.2, 0.25) is 29.5 Å². The molecule has 0 heterocycles. The molecular formula is C22H41N9O7. The number of guanidine groups is 1. The molecule has 16 heteroatoms. The zero-order valence-electron chi connectivity index (χ0n) is 21.9. The second kappa shape index (κ2) is 17.6. The lowest BCUT2D eigenvalue weighted by molar-refractivity contribution is -0.136. The van der Waals surface area contributed by atoms with Gasteiger partial charge in [0.15, 0.2) is 5.96 Å². The van der Waals surface area contributed by atoms with E-state index in [-0.39, 0.29) is 38.2 Å². The van der Waals surface area contributed by atoms with Crippen LogP contribution in [-0.4, -0.2) is 89.7 Å². The van der Waals surface area contributed by atoms with Crippen LogP contribution < -0.4 is 44.2 Å². The highest BCUT2D eigenvalue weighted by atomic mass is 16.3. The Hall–Kier alpha value is -3.79. The highest BCUT2D eigenvalue weighted by Gasteiger charge is 2.32. The molecule has 5 amide bonds. The van der Waals surface area contributed by atoms with Gasteiger partial charge in [-0.05, 0) is 39.5 Å². The zero-order valence-corrected chi connectivity index (χ0v) is 21.9. The molecule has 0 fully saturated rings. The first-order chi connectivity index (χ1) is 17.7. The minimum atomic E-state index is -1.49. The van der Waals surface area contributed by atoms with Crippen molar-refractivity contribution in [3.05, 3.63) is 0 Å². The van der Waals surface area contributed by atoms with Crippen LogP contribution in [0.25, 0.3) is 0 Å². The summed E-state index contributed by atoms with van der Waals surface area (Å²) in [5.74, 6) is -3.77. The van der Waals surface area contributed by atoms with Gasteiger partial charge in [-0.15, -0.1) is 0 Å². The normalized spacial score (nSPS) is 15.4. The van der Waals surface area contributed by atoms with Crippen molar-refractivity contribution in [2.24, 2.45) is 27.9 Å². The molecule has 0 spiro atoms. The molecule has 16 nitrogen and oxygen atoms in total. The fourth-order valence-corrected chi connectivity index (χ4v) is 3.10. The lowest BCUT2D eigenvalue weighted by atomic mass is 10.1. The van der Waals surface area contributed by atoms with Gasteiger partial charge in [-0.1, -0.05) is 6.92 Å². The van der Waals surface area contributed by atoms with E-state index in [0.29, 0.717) is 12.7 Å². The molecule has 38 heavy (non-hydrogen) atoms. The summed E-state index contributed by atoms with van der Waals surface area (Å²) < 4.78 is 0. The number of rotatable bonds is 18. The van der Waals surface area contributed by atoms with Crippen molar-refractivity contribution >= 4 is 41.8 Å². The van der Waals surface area contributed by atoms with Crippen molar-refractivity contribution < 1.29 is 33.9 Å². The summed E-state index contributed by atoms with van der Waals surface area (Å²) in [6.07, 6.45) is -0.589. The van der Waals surface area contributed by atoms with Crippen LogP contribution in [0, 0.1) is 0 Å². The number of aliphatic hydroxyl groups excluding tert-OH is 1. The summed E-state index contributed by atoms with van der Waals surface area (Å²) in [7, 11) is 0. The van der Waals surface area contributed by atoms with E-state index in [1.807, 2.05) is 0 Å². The lowest BCUT2D eigenvalue weighted by Crippen LogP contribution is -2.60. The standard InChI is InChI=1S/C22H41N9O7/c1-4-14(19(36)28-13(10-32)7-8-16(24)34)29-21(38)17(12(3)33)31-20(37)15(30-18(35)11(2)23)6-5-9-27-22(25)26/h10-15,17,33H,4-9,23H2,1-3H3,(H2,24,34)(H,28,36)(H,29,38)(H,30,35)(H,31,37)(H4,25,26,27)/t11-,12+,13-,14-,15-,17-/m0/s1. The Morgan fingerprint density at radius 1 is 0.868 bits per heavy atom. The summed E-state index contributed by atoms with van der Waals surface area (Å²) in [6, 6.07) is -5.65. The molecule has 0 aliphatic carbocycles. The molecule has 0 radical (unpaired) electrons. The summed E-state index contributed by atoms with van der Waals surface area (Å²) in [5, 5.41) is 19.9. The van der Waals surface area contributed by atoms with Gasteiger partial charge in [-0.3, -0.25) is 29.0 Å². The zero-order chi connectivity index (χ0) is 29.4. The van der Waals surface area contributed by atoms with Crippen LogP contribution in [0.1, 0.15) is 52.9 Å². The van der Waals surface area contributed by atoms with Gasteiger partial charge in [0, 0.05) is 13.0 Å². The van der Waals surface area contributed by atoms with E-state index in [2.05, 4.69) is 26.3 Å². The molecule has 0 aromatic heterocycles. The molecule has 0 aromatic carbocycles. The van der Waals surface area contributed by atoms with E-state index < -0.39 is 65.8 Å².